The number of ether oxygens (including phenoxy) is 2. The Labute approximate surface area is 250 Å². The first kappa shape index (κ1) is 31.3. The number of carbonyl (C=O) groups excluding carboxylic acids is 2. The van der Waals surface area contributed by atoms with E-state index in [1.807, 2.05) is 30.3 Å². The van der Waals surface area contributed by atoms with E-state index in [0.29, 0.717) is 13.0 Å². The Morgan fingerprint density at radius 2 is 1.60 bits per heavy atom. The average molecular weight is 575 g/mol. The fourth-order valence-electron chi connectivity index (χ4n) is 5.55. The number of aryl methyl sites for hydroxylation is 1. The van der Waals surface area contributed by atoms with Gasteiger partial charge in [0.05, 0.1) is 12.6 Å². The zero-order valence-electron chi connectivity index (χ0n) is 25.0. The van der Waals surface area contributed by atoms with Crippen molar-refractivity contribution in [1.82, 2.24) is 15.6 Å². The van der Waals surface area contributed by atoms with Crippen molar-refractivity contribution in [1.29, 1.82) is 0 Å². The number of unbranched alkanes of at least 4 members (excludes halogenated alkanes) is 4. The lowest BCUT2D eigenvalue weighted by atomic mass is 9.92. The molecule has 3 N–H and O–H groups in total. The van der Waals surface area contributed by atoms with E-state index < -0.39 is 6.09 Å². The molecule has 8 heteroatoms. The van der Waals surface area contributed by atoms with Crippen molar-refractivity contribution in [2.75, 3.05) is 32.1 Å². The van der Waals surface area contributed by atoms with Gasteiger partial charge in [0.25, 0.3) is 0 Å². The fourth-order valence-corrected chi connectivity index (χ4v) is 5.55. The number of alkyl carbamates (subject to hydrolysis) is 1. The van der Waals surface area contributed by atoms with Gasteiger partial charge in [0.1, 0.15) is 12.6 Å². The lowest BCUT2D eigenvalue weighted by molar-refractivity contribution is -0.143. The van der Waals surface area contributed by atoms with Gasteiger partial charge < -0.3 is 25.4 Å². The molecule has 226 valence electrons. The number of hydrogen-bond acceptors (Lipinski definition) is 7. The highest BCUT2D eigenvalue weighted by Gasteiger charge is 2.19. The summed E-state index contributed by atoms with van der Waals surface area (Å²) in [5.74, 6) is -0.234. The van der Waals surface area contributed by atoms with Gasteiger partial charge in [-0.05, 0) is 81.5 Å². The fraction of sp³-hybridized carbons (Fsp3) is 0.500. The third kappa shape index (κ3) is 9.72. The van der Waals surface area contributed by atoms with Crippen molar-refractivity contribution in [2.45, 2.75) is 83.3 Å². The lowest BCUT2D eigenvalue weighted by Gasteiger charge is -2.21. The van der Waals surface area contributed by atoms with Gasteiger partial charge in [-0.1, -0.05) is 61.4 Å². The van der Waals surface area contributed by atoms with Gasteiger partial charge in [0.15, 0.2) is 0 Å². The third-order valence-electron chi connectivity index (χ3n) is 7.85. The first-order valence-electron chi connectivity index (χ1n) is 15.6. The Kier molecular flexibility index (Phi) is 12.9. The minimum Gasteiger partial charge on any atom is -0.468 e. The molecule has 1 aliphatic carbocycles. The number of carbonyl (C=O) groups is 2. The molecule has 0 bridgehead atoms. The number of pyridine rings is 1. The van der Waals surface area contributed by atoms with Gasteiger partial charge in [-0.3, -0.25) is 9.78 Å². The topological polar surface area (TPSA) is 102 Å². The molecule has 1 heterocycles. The van der Waals surface area contributed by atoms with Gasteiger partial charge in [-0.2, -0.15) is 0 Å². The maximum atomic E-state index is 12.3. The standard InChI is InChI=1S/C34H46N4O4/c1-41-33(39)31(21-11-14-24-37-34(40)42-25-26-15-5-4-6-16-26)35-22-12-2-3-13-23-36-32-27-17-7-9-19-29(27)38-30-20-10-8-18-28(30)32/h4-7,9,15-17,19,31,35H,2-3,8,10-14,18,20-25H2,1H3,(H,36,38)(H,37,40)/t31-/m0/s1. The van der Waals surface area contributed by atoms with Gasteiger partial charge in [-0.25, -0.2) is 4.79 Å². The predicted molar refractivity (Wildman–Crippen MR) is 168 cm³/mol. The highest BCUT2D eigenvalue weighted by atomic mass is 16.5. The number of aromatic nitrogens is 1. The summed E-state index contributed by atoms with van der Waals surface area (Å²) in [5.41, 5.74) is 6.01. The minimum absolute atomic E-state index is 0.234. The maximum Gasteiger partial charge on any atom is 0.407 e. The number of hydrogen-bond donors (Lipinski definition) is 3. The quantitative estimate of drug-likeness (QED) is 0.128. The smallest absolute Gasteiger partial charge is 0.407 e. The number of para-hydroxylation sites is 1. The van der Waals surface area contributed by atoms with E-state index in [2.05, 4.69) is 40.2 Å². The van der Waals surface area contributed by atoms with E-state index in [-0.39, 0.29) is 18.6 Å². The number of nitrogens with one attached hydrogen (secondary N) is 3. The van der Waals surface area contributed by atoms with Crippen LogP contribution in [0.2, 0.25) is 0 Å². The van der Waals surface area contributed by atoms with Crippen molar-refractivity contribution < 1.29 is 19.1 Å². The highest BCUT2D eigenvalue weighted by molar-refractivity contribution is 5.93. The molecule has 4 rings (SSSR count). The summed E-state index contributed by atoms with van der Waals surface area (Å²) in [6.07, 6.45) is 10.8. The van der Waals surface area contributed by atoms with E-state index >= 15 is 0 Å². The molecule has 0 radical (unpaired) electrons. The molecule has 0 saturated carbocycles. The first-order chi connectivity index (χ1) is 20.7. The second-order valence-electron chi connectivity index (χ2n) is 11.0. The van der Waals surface area contributed by atoms with E-state index in [4.69, 9.17) is 14.5 Å². The molecule has 42 heavy (non-hydrogen) atoms. The summed E-state index contributed by atoms with van der Waals surface area (Å²) in [6, 6.07) is 17.7. The van der Waals surface area contributed by atoms with Crippen LogP contribution in [0.15, 0.2) is 54.6 Å². The molecule has 1 amide bonds. The van der Waals surface area contributed by atoms with Crippen LogP contribution < -0.4 is 16.0 Å². The van der Waals surface area contributed by atoms with Crippen molar-refractivity contribution >= 4 is 28.7 Å². The monoisotopic (exact) mass is 574 g/mol. The van der Waals surface area contributed by atoms with Gasteiger partial charge in [0, 0.05) is 29.9 Å². The summed E-state index contributed by atoms with van der Waals surface area (Å²) in [7, 11) is 1.43. The van der Waals surface area contributed by atoms with Crippen molar-refractivity contribution in [2.24, 2.45) is 0 Å². The van der Waals surface area contributed by atoms with Crippen LogP contribution in [0, 0.1) is 0 Å². The molecule has 0 unspecified atom stereocenters. The normalized spacial score (nSPS) is 13.3. The van der Waals surface area contributed by atoms with Crippen molar-refractivity contribution in [3.8, 4) is 0 Å². The summed E-state index contributed by atoms with van der Waals surface area (Å²) in [5, 5.41) is 11.1. The number of benzene rings is 2. The molecule has 0 fully saturated rings. The SMILES string of the molecule is COC(=O)[C@H](CCCCNC(=O)OCc1ccccc1)NCCCCCCNc1c2c(nc3ccccc13)CCCC2. The van der Waals surface area contributed by atoms with Gasteiger partial charge in [0.2, 0.25) is 0 Å². The molecule has 2 aromatic carbocycles. The van der Waals surface area contributed by atoms with Crippen LogP contribution in [-0.2, 0) is 33.7 Å². The van der Waals surface area contributed by atoms with E-state index in [0.717, 1.165) is 75.5 Å². The highest BCUT2D eigenvalue weighted by Crippen LogP contribution is 2.33. The Balaban J connectivity index is 1.08. The second kappa shape index (κ2) is 17.3. The van der Waals surface area contributed by atoms with Crippen LogP contribution in [0.1, 0.15) is 74.6 Å². The van der Waals surface area contributed by atoms with Crippen LogP contribution in [-0.4, -0.2) is 49.8 Å². The zero-order valence-corrected chi connectivity index (χ0v) is 25.0. The van der Waals surface area contributed by atoms with Crippen LogP contribution in [0.5, 0.6) is 0 Å². The Morgan fingerprint density at radius 3 is 2.43 bits per heavy atom. The Hall–Kier alpha value is -3.65. The molecule has 8 nitrogen and oxygen atoms in total. The summed E-state index contributed by atoms with van der Waals surface area (Å²) in [6.45, 7) is 2.49. The average Bonchev–Trinajstić information content (AvgIpc) is 3.03. The molecular formula is C34H46N4O4. The van der Waals surface area contributed by atoms with Gasteiger partial charge >= 0.3 is 12.1 Å². The number of nitrogens with zero attached hydrogens (tertiary/aromatic N) is 1. The number of anilines is 1. The molecule has 0 spiro atoms. The number of amides is 1. The van der Waals surface area contributed by atoms with Crippen LogP contribution in [0.3, 0.4) is 0 Å². The Morgan fingerprint density at radius 1 is 0.857 bits per heavy atom. The summed E-state index contributed by atoms with van der Waals surface area (Å²) in [4.78, 5) is 29.1. The largest absolute Gasteiger partial charge is 0.468 e. The molecule has 1 aliphatic rings. The zero-order chi connectivity index (χ0) is 29.4. The van der Waals surface area contributed by atoms with Crippen LogP contribution >= 0.6 is 0 Å². The number of esters is 1. The van der Waals surface area contributed by atoms with E-state index in [9.17, 15) is 9.59 Å². The number of fused-ring (bicyclic) bond motifs is 2. The molecule has 3 aromatic rings. The number of rotatable bonds is 17. The van der Waals surface area contributed by atoms with Gasteiger partial charge in [-0.15, -0.1) is 0 Å². The Bertz CT molecular complexity index is 1270. The summed E-state index contributed by atoms with van der Waals surface area (Å²) >= 11 is 0. The molecule has 0 saturated heterocycles. The second-order valence-corrected chi connectivity index (χ2v) is 11.0. The first-order valence-corrected chi connectivity index (χ1v) is 15.6. The third-order valence-corrected chi connectivity index (χ3v) is 7.85. The van der Waals surface area contributed by atoms with E-state index in [1.165, 1.54) is 42.3 Å². The van der Waals surface area contributed by atoms with Crippen molar-refractivity contribution in [3.05, 3.63) is 71.4 Å². The van der Waals surface area contributed by atoms with E-state index in [1.54, 1.807) is 0 Å². The molecule has 0 aliphatic heterocycles. The van der Waals surface area contributed by atoms with Crippen molar-refractivity contribution in [3.63, 3.8) is 0 Å². The molecular weight excluding hydrogens is 528 g/mol. The maximum absolute atomic E-state index is 12.3. The predicted octanol–water partition coefficient (Wildman–Crippen LogP) is 6.31. The minimum atomic E-state index is -0.426. The molecule has 1 atom stereocenters. The molecule has 1 aromatic heterocycles. The number of methoxy groups -OCH3 is 1. The van der Waals surface area contributed by atoms with Crippen LogP contribution in [0.25, 0.3) is 10.9 Å². The summed E-state index contributed by atoms with van der Waals surface area (Å²) < 4.78 is 10.2. The lowest BCUT2D eigenvalue weighted by Crippen LogP contribution is -2.38. The van der Waals surface area contributed by atoms with Crippen LogP contribution in [0.4, 0.5) is 10.5 Å².